The molecule has 0 amide bonds. The lowest BCUT2D eigenvalue weighted by molar-refractivity contribution is 0.340. The maximum atomic E-state index is 13.1. The fourth-order valence-corrected chi connectivity index (χ4v) is 5.83. The molecule has 1 N–H and O–H groups in total. The first-order chi connectivity index (χ1) is 17.9. The monoisotopic (exact) mass is 527 g/mol. The Labute approximate surface area is 220 Å². The number of thiazole rings is 1. The number of rotatable bonds is 7. The maximum Gasteiger partial charge on any atom is 0.284 e. The minimum Gasteiger partial charge on any atom is -0.494 e. The Hall–Kier alpha value is -4.01. The molecule has 0 aliphatic rings. The second kappa shape index (κ2) is 10.5. The van der Waals surface area contributed by atoms with Gasteiger partial charge in [0, 0.05) is 16.8 Å². The molecule has 0 aliphatic heterocycles. The number of amidine groups is 1. The number of nitrogens with one attached hydrogen (secondary N) is 1. The molecule has 5 aromatic rings. The molecule has 1 aromatic heterocycles. The summed E-state index contributed by atoms with van der Waals surface area (Å²) in [7, 11) is -3.97. The third-order valence-electron chi connectivity index (χ3n) is 5.63. The highest BCUT2D eigenvalue weighted by Gasteiger charge is 2.16. The fraction of sp³-hybridized carbons (Fsp3) is 0.103. The molecule has 186 valence electrons. The number of aryl methyl sites for hydroxylation is 1. The second-order valence-electron chi connectivity index (χ2n) is 8.38. The summed E-state index contributed by atoms with van der Waals surface area (Å²) in [5.41, 5.74) is 4.54. The van der Waals surface area contributed by atoms with E-state index in [-0.39, 0.29) is 10.7 Å². The van der Waals surface area contributed by atoms with E-state index in [1.54, 1.807) is 23.5 Å². The average molecular weight is 528 g/mol. The summed E-state index contributed by atoms with van der Waals surface area (Å²) < 4.78 is 37.0. The van der Waals surface area contributed by atoms with Crippen molar-refractivity contribution < 1.29 is 13.2 Å². The van der Waals surface area contributed by atoms with Crippen LogP contribution >= 0.6 is 11.3 Å². The van der Waals surface area contributed by atoms with E-state index in [1.807, 2.05) is 67.6 Å². The van der Waals surface area contributed by atoms with Crippen molar-refractivity contribution in [1.29, 1.82) is 0 Å². The third kappa shape index (κ3) is 5.71. The molecule has 0 fully saturated rings. The van der Waals surface area contributed by atoms with E-state index in [0.29, 0.717) is 23.6 Å². The Bertz CT molecular complexity index is 1660. The number of sulfonamides is 1. The molecule has 5 rings (SSSR count). The van der Waals surface area contributed by atoms with E-state index in [0.717, 1.165) is 20.8 Å². The van der Waals surface area contributed by atoms with Gasteiger partial charge in [0.2, 0.25) is 0 Å². The van der Waals surface area contributed by atoms with Gasteiger partial charge in [-0.2, -0.15) is 8.42 Å². The first-order valence-corrected chi connectivity index (χ1v) is 14.0. The van der Waals surface area contributed by atoms with Crippen LogP contribution in [0.25, 0.3) is 20.8 Å². The third-order valence-corrected chi connectivity index (χ3v) is 7.99. The number of anilines is 1. The van der Waals surface area contributed by atoms with Gasteiger partial charge in [0.25, 0.3) is 10.0 Å². The molecule has 0 radical (unpaired) electrons. The Morgan fingerprint density at radius 3 is 2.38 bits per heavy atom. The molecular weight excluding hydrogens is 502 g/mol. The van der Waals surface area contributed by atoms with Crippen molar-refractivity contribution in [3.63, 3.8) is 0 Å². The zero-order chi connectivity index (χ0) is 25.8. The van der Waals surface area contributed by atoms with Crippen molar-refractivity contribution in [1.82, 2.24) is 4.98 Å². The average Bonchev–Trinajstić information content (AvgIpc) is 3.33. The lowest BCUT2D eigenvalue weighted by Crippen LogP contribution is -2.16. The van der Waals surface area contributed by atoms with Crippen LogP contribution in [-0.4, -0.2) is 25.8 Å². The maximum absolute atomic E-state index is 13.1. The molecule has 0 saturated carbocycles. The van der Waals surface area contributed by atoms with Gasteiger partial charge in [-0.05, 0) is 80.1 Å². The smallest absolute Gasteiger partial charge is 0.284 e. The zero-order valence-corrected chi connectivity index (χ0v) is 22.0. The SMILES string of the molecule is CCOc1ccc(S(=O)(=O)/N=C(/Nc2ccc(-c3nc4ccc(C)cc4s3)cc2)c2ccccc2)cc1. The minimum atomic E-state index is -3.97. The quantitative estimate of drug-likeness (QED) is 0.184. The van der Waals surface area contributed by atoms with Gasteiger partial charge >= 0.3 is 0 Å². The molecule has 37 heavy (non-hydrogen) atoms. The predicted molar refractivity (Wildman–Crippen MR) is 151 cm³/mol. The molecule has 0 bridgehead atoms. The lowest BCUT2D eigenvalue weighted by atomic mass is 10.2. The Kier molecular flexibility index (Phi) is 7.03. The van der Waals surface area contributed by atoms with E-state index < -0.39 is 10.0 Å². The number of nitrogens with zero attached hydrogens (tertiary/aromatic N) is 2. The van der Waals surface area contributed by atoms with Crippen molar-refractivity contribution in [3.05, 3.63) is 108 Å². The van der Waals surface area contributed by atoms with E-state index >= 15 is 0 Å². The summed E-state index contributed by atoms with van der Waals surface area (Å²) in [6.07, 6.45) is 0. The molecule has 0 atom stereocenters. The molecule has 1 heterocycles. The second-order valence-corrected chi connectivity index (χ2v) is 11.0. The highest BCUT2D eigenvalue weighted by atomic mass is 32.2. The number of hydrogen-bond donors (Lipinski definition) is 1. The minimum absolute atomic E-state index is 0.0904. The van der Waals surface area contributed by atoms with Gasteiger partial charge < -0.3 is 10.1 Å². The van der Waals surface area contributed by atoms with Crippen LogP contribution in [0.1, 0.15) is 18.1 Å². The first-order valence-electron chi connectivity index (χ1n) is 11.8. The topological polar surface area (TPSA) is 80.7 Å². The van der Waals surface area contributed by atoms with E-state index in [9.17, 15) is 8.42 Å². The summed E-state index contributed by atoms with van der Waals surface area (Å²) in [5.74, 6) is 0.841. The van der Waals surface area contributed by atoms with Gasteiger partial charge in [0.1, 0.15) is 10.8 Å². The number of fused-ring (bicyclic) bond motifs is 1. The van der Waals surface area contributed by atoms with E-state index in [2.05, 4.69) is 28.8 Å². The van der Waals surface area contributed by atoms with Crippen molar-refractivity contribution in [2.45, 2.75) is 18.7 Å². The lowest BCUT2D eigenvalue weighted by Gasteiger charge is -2.11. The van der Waals surface area contributed by atoms with Gasteiger partial charge in [-0.25, -0.2) is 4.98 Å². The van der Waals surface area contributed by atoms with Crippen molar-refractivity contribution in [2.24, 2.45) is 4.40 Å². The van der Waals surface area contributed by atoms with Crippen molar-refractivity contribution in [3.8, 4) is 16.3 Å². The van der Waals surface area contributed by atoms with Gasteiger partial charge in [-0.3, -0.25) is 0 Å². The van der Waals surface area contributed by atoms with Crippen LogP contribution in [0.2, 0.25) is 0 Å². The molecule has 0 unspecified atom stereocenters. The summed E-state index contributed by atoms with van der Waals surface area (Å²) in [5, 5.41) is 4.13. The number of aromatic nitrogens is 1. The van der Waals surface area contributed by atoms with Crippen LogP contribution in [0, 0.1) is 6.92 Å². The van der Waals surface area contributed by atoms with Crippen molar-refractivity contribution in [2.75, 3.05) is 11.9 Å². The van der Waals surface area contributed by atoms with Crippen LogP contribution in [0.4, 0.5) is 5.69 Å². The fourth-order valence-electron chi connectivity index (χ4n) is 3.78. The zero-order valence-electron chi connectivity index (χ0n) is 20.4. The molecule has 0 aliphatic carbocycles. The highest BCUT2D eigenvalue weighted by Crippen LogP contribution is 2.31. The molecule has 0 saturated heterocycles. The van der Waals surface area contributed by atoms with Crippen LogP contribution < -0.4 is 10.1 Å². The normalized spacial score (nSPS) is 12.0. The van der Waals surface area contributed by atoms with Crippen LogP contribution in [0.3, 0.4) is 0 Å². The molecular formula is C29H25N3O3S2. The summed E-state index contributed by atoms with van der Waals surface area (Å²) in [4.78, 5) is 4.84. The highest BCUT2D eigenvalue weighted by molar-refractivity contribution is 7.90. The summed E-state index contributed by atoms with van der Waals surface area (Å²) in [6, 6.07) is 29.4. The van der Waals surface area contributed by atoms with Gasteiger partial charge in [0.15, 0.2) is 5.84 Å². The Balaban J connectivity index is 1.44. The van der Waals surface area contributed by atoms with Gasteiger partial charge in [-0.15, -0.1) is 15.7 Å². The molecule has 4 aromatic carbocycles. The molecule has 0 spiro atoms. The summed E-state index contributed by atoms with van der Waals surface area (Å²) >= 11 is 1.65. The van der Waals surface area contributed by atoms with Crippen LogP contribution in [-0.2, 0) is 10.0 Å². The van der Waals surface area contributed by atoms with Gasteiger partial charge in [0.05, 0.1) is 21.7 Å². The van der Waals surface area contributed by atoms with Crippen LogP contribution in [0.15, 0.2) is 106 Å². The van der Waals surface area contributed by atoms with Gasteiger partial charge in [-0.1, -0.05) is 36.4 Å². The largest absolute Gasteiger partial charge is 0.494 e. The van der Waals surface area contributed by atoms with Crippen molar-refractivity contribution >= 4 is 43.1 Å². The first kappa shape index (κ1) is 24.7. The Morgan fingerprint density at radius 1 is 0.946 bits per heavy atom. The van der Waals surface area contributed by atoms with E-state index in [1.165, 1.54) is 17.7 Å². The number of hydrogen-bond acceptors (Lipinski definition) is 5. The molecule has 8 heteroatoms. The predicted octanol–water partition coefficient (Wildman–Crippen LogP) is 6.92. The Morgan fingerprint density at radius 2 is 1.68 bits per heavy atom. The standard InChI is InChI=1S/C29H25N3O3S2/c1-3-35-24-14-16-25(17-15-24)37(33,34)32-28(21-7-5-4-6-8-21)30-23-12-10-22(11-13-23)29-31-26-18-9-20(2)19-27(26)36-29/h4-19H,3H2,1-2H3,(H,30,32). The van der Waals surface area contributed by atoms with Crippen LogP contribution in [0.5, 0.6) is 5.75 Å². The molecule has 6 nitrogen and oxygen atoms in total. The van der Waals surface area contributed by atoms with E-state index in [4.69, 9.17) is 9.72 Å². The number of ether oxygens (including phenoxy) is 1. The summed E-state index contributed by atoms with van der Waals surface area (Å²) in [6.45, 7) is 4.45. The number of benzene rings is 4.